The van der Waals surface area contributed by atoms with Gasteiger partial charge in [-0.1, -0.05) is 18.9 Å². The molecule has 0 aromatic carbocycles. The monoisotopic (exact) mass is 314 g/mol. The first-order chi connectivity index (χ1) is 11.2. The highest BCUT2D eigenvalue weighted by Gasteiger charge is 2.25. The van der Waals surface area contributed by atoms with Gasteiger partial charge in [0.25, 0.3) is 0 Å². The van der Waals surface area contributed by atoms with Gasteiger partial charge in [0.15, 0.2) is 0 Å². The zero-order valence-electron chi connectivity index (χ0n) is 13.8. The van der Waals surface area contributed by atoms with Crippen LogP contribution in [0.25, 0.3) is 0 Å². The van der Waals surface area contributed by atoms with Gasteiger partial charge in [0.05, 0.1) is 6.26 Å². The second-order valence-corrected chi connectivity index (χ2v) is 6.49. The lowest BCUT2D eigenvalue weighted by Gasteiger charge is -2.31. The molecule has 4 nitrogen and oxygen atoms in total. The van der Waals surface area contributed by atoms with E-state index in [-0.39, 0.29) is 0 Å². The average Bonchev–Trinajstić information content (AvgIpc) is 3.01. The van der Waals surface area contributed by atoms with Gasteiger partial charge in [-0.25, -0.2) is 0 Å². The van der Waals surface area contributed by atoms with E-state index in [0.717, 1.165) is 31.6 Å². The molecule has 1 fully saturated rings. The van der Waals surface area contributed by atoms with Gasteiger partial charge in [0, 0.05) is 24.5 Å². The van der Waals surface area contributed by atoms with Crippen LogP contribution >= 0.6 is 0 Å². The average molecular weight is 314 g/mol. The highest BCUT2D eigenvalue weighted by atomic mass is 16.4. The molecule has 1 saturated heterocycles. The third kappa shape index (κ3) is 4.21. The fraction of sp³-hybridized carbons (Fsp3) is 0.526. The van der Waals surface area contributed by atoms with Crippen molar-refractivity contribution in [3.8, 4) is 0 Å². The second-order valence-electron chi connectivity index (χ2n) is 6.49. The number of aliphatic hydroxyl groups excluding tert-OH is 1. The van der Waals surface area contributed by atoms with Crippen LogP contribution in [0.3, 0.4) is 0 Å². The van der Waals surface area contributed by atoms with Gasteiger partial charge in [0.2, 0.25) is 0 Å². The van der Waals surface area contributed by atoms with E-state index in [2.05, 4.69) is 22.9 Å². The Morgan fingerprint density at radius 2 is 2.22 bits per heavy atom. The highest BCUT2D eigenvalue weighted by molar-refractivity contribution is 5.18. The minimum absolute atomic E-state index is 0.386. The zero-order valence-corrected chi connectivity index (χ0v) is 13.8. The summed E-state index contributed by atoms with van der Waals surface area (Å²) < 4.78 is 5.36. The van der Waals surface area contributed by atoms with Crippen LogP contribution in [0.2, 0.25) is 0 Å². The van der Waals surface area contributed by atoms with Gasteiger partial charge in [-0.15, -0.1) is 0 Å². The van der Waals surface area contributed by atoms with Crippen LogP contribution in [0.15, 0.2) is 41.1 Å². The summed E-state index contributed by atoms with van der Waals surface area (Å²) in [5, 5.41) is 10.5. The van der Waals surface area contributed by atoms with Crippen molar-refractivity contribution in [2.75, 3.05) is 6.54 Å². The van der Waals surface area contributed by atoms with Crippen molar-refractivity contribution in [3.05, 3.63) is 53.7 Å². The fourth-order valence-electron chi connectivity index (χ4n) is 3.47. The topological polar surface area (TPSA) is 49.5 Å². The van der Waals surface area contributed by atoms with Gasteiger partial charge in [-0.05, 0) is 56.5 Å². The Morgan fingerprint density at radius 3 is 3.00 bits per heavy atom. The summed E-state index contributed by atoms with van der Waals surface area (Å²) in [7, 11) is 0. The molecule has 23 heavy (non-hydrogen) atoms. The molecule has 0 bridgehead atoms. The Hall–Kier alpha value is -1.65. The number of furan rings is 1. The van der Waals surface area contributed by atoms with Crippen LogP contribution in [0, 0.1) is 6.92 Å². The first kappa shape index (κ1) is 16.2. The Labute approximate surface area is 138 Å². The van der Waals surface area contributed by atoms with E-state index in [1.807, 2.05) is 24.4 Å². The molecule has 2 aromatic heterocycles. The number of rotatable bonds is 5. The SMILES string of the molecule is Cc1ncccc1CN1CCCCCC1CC(O)c1ccco1. The molecule has 1 N–H and O–H groups in total. The standard InChI is InChI=1S/C19H26N2O2/c1-15-16(7-5-10-20-15)14-21-11-4-2-3-8-17(21)13-18(22)19-9-6-12-23-19/h5-7,9-10,12,17-18,22H,2-4,8,11,13-14H2,1H3. The Kier molecular flexibility index (Phi) is 5.47. The summed E-state index contributed by atoms with van der Waals surface area (Å²) >= 11 is 0. The van der Waals surface area contributed by atoms with Gasteiger partial charge in [-0.2, -0.15) is 0 Å². The van der Waals surface area contributed by atoms with Crippen molar-refractivity contribution in [2.45, 2.75) is 57.7 Å². The quantitative estimate of drug-likeness (QED) is 0.910. The molecule has 124 valence electrons. The van der Waals surface area contributed by atoms with Gasteiger partial charge in [0.1, 0.15) is 11.9 Å². The van der Waals surface area contributed by atoms with Crippen molar-refractivity contribution in [3.63, 3.8) is 0 Å². The molecule has 2 aromatic rings. The molecule has 0 amide bonds. The molecular formula is C19H26N2O2. The largest absolute Gasteiger partial charge is 0.467 e. The Morgan fingerprint density at radius 1 is 1.30 bits per heavy atom. The highest BCUT2D eigenvalue weighted by Crippen LogP contribution is 2.28. The summed E-state index contributed by atoms with van der Waals surface area (Å²) in [6.07, 6.45) is 8.55. The van der Waals surface area contributed by atoms with Gasteiger partial charge >= 0.3 is 0 Å². The minimum Gasteiger partial charge on any atom is -0.467 e. The van der Waals surface area contributed by atoms with Crippen molar-refractivity contribution in [1.82, 2.24) is 9.88 Å². The van der Waals surface area contributed by atoms with E-state index in [0.29, 0.717) is 11.8 Å². The number of pyridine rings is 1. The Balaban J connectivity index is 1.71. The molecule has 3 heterocycles. The number of hydrogen-bond donors (Lipinski definition) is 1. The number of aryl methyl sites for hydroxylation is 1. The molecule has 0 spiro atoms. The van der Waals surface area contributed by atoms with E-state index in [1.54, 1.807) is 6.26 Å². The molecule has 0 saturated carbocycles. The zero-order chi connectivity index (χ0) is 16.1. The molecule has 1 aliphatic rings. The molecule has 4 heteroatoms. The van der Waals surface area contributed by atoms with E-state index < -0.39 is 6.10 Å². The van der Waals surface area contributed by atoms with Crippen LogP contribution in [0.4, 0.5) is 0 Å². The lowest BCUT2D eigenvalue weighted by molar-refractivity contribution is 0.0829. The molecule has 2 atom stereocenters. The van der Waals surface area contributed by atoms with Crippen molar-refractivity contribution in [1.29, 1.82) is 0 Å². The van der Waals surface area contributed by atoms with Crippen molar-refractivity contribution >= 4 is 0 Å². The molecule has 2 unspecified atom stereocenters. The molecule has 3 rings (SSSR count). The number of nitrogens with zero attached hydrogens (tertiary/aromatic N) is 2. The third-order valence-electron chi connectivity index (χ3n) is 4.86. The minimum atomic E-state index is -0.523. The van der Waals surface area contributed by atoms with Crippen molar-refractivity contribution in [2.24, 2.45) is 0 Å². The summed E-state index contributed by atoms with van der Waals surface area (Å²) in [5.74, 6) is 0.673. The molecular weight excluding hydrogens is 288 g/mol. The Bertz CT molecular complexity index is 597. The van der Waals surface area contributed by atoms with Crippen molar-refractivity contribution < 1.29 is 9.52 Å². The predicted octanol–water partition coefficient (Wildman–Crippen LogP) is 3.85. The smallest absolute Gasteiger partial charge is 0.132 e. The first-order valence-electron chi connectivity index (χ1n) is 8.60. The first-order valence-corrected chi connectivity index (χ1v) is 8.60. The number of aliphatic hydroxyl groups is 1. The maximum Gasteiger partial charge on any atom is 0.132 e. The number of aromatic nitrogens is 1. The van der Waals surface area contributed by atoms with Gasteiger partial charge in [-0.3, -0.25) is 9.88 Å². The van der Waals surface area contributed by atoms with Crippen LogP contribution in [0.5, 0.6) is 0 Å². The van der Waals surface area contributed by atoms with Crippen LogP contribution in [0.1, 0.15) is 55.2 Å². The maximum atomic E-state index is 10.5. The number of hydrogen-bond acceptors (Lipinski definition) is 4. The summed E-state index contributed by atoms with van der Waals surface area (Å²) in [5.41, 5.74) is 2.38. The van der Waals surface area contributed by atoms with E-state index in [4.69, 9.17) is 4.42 Å². The van der Waals surface area contributed by atoms with Crippen LogP contribution in [-0.2, 0) is 6.54 Å². The normalized spacial score (nSPS) is 21.0. The maximum absolute atomic E-state index is 10.5. The van der Waals surface area contributed by atoms with Crippen LogP contribution in [-0.4, -0.2) is 27.6 Å². The molecule has 0 radical (unpaired) electrons. The lowest BCUT2D eigenvalue weighted by Crippen LogP contribution is -2.35. The predicted molar refractivity (Wildman–Crippen MR) is 89.9 cm³/mol. The molecule has 0 aliphatic carbocycles. The molecule has 1 aliphatic heterocycles. The third-order valence-corrected chi connectivity index (χ3v) is 4.86. The lowest BCUT2D eigenvalue weighted by atomic mass is 10.0. The van der Waals surface area contributed by atoms with E-state index in [9.17, 15) is 5.11 Å². The summed E-state index contributed by atoms with van der Waals surface area (Å²) in [6.45, 7) is 4.07. The fourth-order valence-corrected chi connectivity index (χ4v) is 3.47. The van der Waals surface area contributed by atoms with Gasteiger partial charge < -0.3 is 9.52 Å². The summed E-state index contributed by atoms with van der Waals surface area (Å²) in [6, 6.07) is 8.25. The number of likely N-dealkylation sites (tertiary alicyclic amines) is 1. The van der Waals surface area contributed by atoms with E-state index >= 15 is 0 Å². The van der Waals surface area contributed by atoms with E-state index in [1.165, 1.54) is 24.8 Å². The second kappa shape index (κ2) is 7.75. The van der Waals surface area contributed by atoms with Crippen LogP contribution < -0.4 is 0 Å². The summed E-state index contributed by atoms with van der Waals surface area (Å²) in [4.78, 5) is 6.92.